The van der Waals surface area contributed by atoms with Gasteiger partial charge in [-0.25, -0.2) is 9.48 Å². The van der Waals surface area contributed by atoms with Gasteiger partial charge in [-0.3, -0.25) is 14.9 Å². The first-order valence-electron chi connectivity index (χ1n) is 12.3. The van der Waals surface area contributed by atoms with Gasteiger partial charge >= 0.3 is 6.09 Å². The van der Waals surface area contributed by atoms with Gasteiger partial charge in [0, 0.05) is 42.7 Å². The fourth-order valence-corrected chi connectivity index (χ4v) is 4.51. The number of carbonyl (C=O) groups excluding carboxylic acids is 2. The molecule has 0 unspecified atom stereocenters. The van der Waals surface area contributed by atoms with E-state index in [-0.39, 0.29) is 23.6 Å². The van der Waals surface area contributed by atoms with Gasteiger partial charge in [-0.2, -0.15) is 5.10 Å². The third-order valence-electron chi connectivity index (χ3n) is 6.26. The summed E-state index contributed by atoms with van der Waals surface area (Å²) in [6.45, 7) is 6.74. The van der Waals surface area contributed by atoms with E-state index in [1.54, 1.807) is 33.8 Å². The molecule has 2 aromatic carbocycles. The van der Waals surface area contributed by atoms with Crippen LogP contribution in [0.5, 0.6) is 0 Å². The van der Waals surface area contributed by atoms with Crippen molar-refractivity contribution in [1.82, 2.24) is 20.0 Å². The van der Waals surface area contributed by atoms with Crippen molar-refractivity contribution in [1.29, 1.82) is 0 Å². The molecule has 0 bridgehead atoms. The lowest BCUT2D eigenvalue weighted by Crippen LogP contribution is -2.41. The molecular weight excluding hydrogens is 510 g/mol. The number of amides is 2. The molecular formula is C27H30ClN5O5. The molecule has 1 aliphatic rings. The Labute approximate surface area is 225 Å². The Balaban J connectivity index is 1.58. The number of benzene rings is 2. The second-order valence-corrected chi connectivity index (χ2v) is 10.6. The van der Waals surface area contributed by atoms with Gasteiger partial charge in [-0.15, -0.1) is 0 Å². The van der Waals surface area contributed by atoms with Gasteiger partial charge in [0.25, 0.3) is 11.6 Å². The minimum absolute atomic E-state index is 0.0333. The number of aromatic nitrogens is 2. The number of carbonyl (C=O) groups is 2. The minimum Gasteiger partial charge on any atom is -0.444 e. The number of nitro benzene ring substituents is 1. The highest BCUT2D eigenvalue weighted by atomic mass is 35.5. The van der Waals surface area contributed by atoms with Crippen LogP contribution in [0.2, 0.25) is 5.02 Å². The minimum atomic E-state index is -0.585. The molecule has 0 aliphatic carbocycles. The second kappa shape index (κ2) is 11.2. The SMILES string of the molecule is CC(C)(C)OC(=O)N1CCC(c2c(C(=O)NCc3ccc(Cl)cc3)cnn2-c2ccc([N+](=O)[O-])cc2)CC1. The molecule has 1 aromatic heterocycles. The molecule has 0 spiro atoms. The second-order valence-electron chi connectivity index (χ2n) is 10.2. The third-order valence-corrected chi connectivity index (χ3v) is 6.51. The van der Waals surface area contributed by atoms with Crippen molar-refractivity contribution < 1.29 is 19.2 Å². The summed E-state index contributed by atoms with van der Waals surface area (Å²) >= 11 is 5.96. The molecule has 1 saturated heterocycles. The number of hydrogen-bond acceptors (Lipinski definition) is 6. The van der Waals surface area contributed by atoms with Gasteiger partial charge < -0.3 is 15.0 Å². The Bertz CT molecular complexity index is 1310. The predicted octanol–water partition coefficient (Wildman–Crippen LogP) is 5.48. The van der Waals surface area contributed by atoms with Gasteiger partial charge in [0.1, 0.15) is 5.60 Å². The zero-order valence-corrected chi connectivity index (χ0v) is 22.3. The average molecular weight is 540 g/mol. The fraction of sp³-hybridized carbons (Fsp3) is 0.370. The molecule has 200 valence electrons. The van der Waals surface area contributed by atoms with Crippen LogP contribution in [0, 0.1) is 10.1 Å². The Hall–Kier alpha value is -3.92. The van der Waals surface area contributed by atoms with E-state index in [0.29, 0.717) is 54.4 Å². The zero-order chi connectivity index (χ0) is 27.4. The Morgan fingerprint density at radius 1 is 1.11 bits per heavy atom. The number of non-ortho nitro benzene ring substituents is 1. The molecule has 11 heteroatoms. The van der Waals surface area contributed by atoms with Crippen molar-refractivity contribution in [3.8, 4) is 5.69 Å². The van der Waals surface area contributed by atoms with Crippen LogP contribution in [0.4, 0.5) is 10.5 Å². The quantitative estimate of drug-likeness (QED) is 0.327. The standard InChI is InChI=1S/C27H30ClN5O5/c1-27(2,3)38-26(35)31-14-12-19(13-15-31)24-23(25(34)29-16-18-4-6-20(28)7-5-18)17-30-32(24)21-8-10-22(11-9-21)33(36)37/h4-11,17,19H,12-16H2,1-3H3,(H,29,34). The van der Waals surface area contributed by atoms with Crippen molar-refractivity contribution in [2.45, 2.75) is 51.7 Å². The van der Waals surface area contributed by atoms with Crippen molar-refractivity contribution in [2.24, 2.45) is 0 Å². The summed E-state index contributed by atoms with van der Waals surface area (Å²) in [5, 5.41) is 19.2. The van der Waals surface area contributed by atoms with Crippen LogP contribution in [0.1, 0.15) is 61.1 Å². The molecule has 2 amide bonds. The van der Waals surface area contributed by atoms with E-state index in [1.165, 1.54) is 18.3 Å². The van der Waals surface area contributed by atoms with Crippen LogP contribution < -0.4 is 5.32 Å². The van der Waals surface area contributed by atoms with E-state index in [1.807, 2.05) is 32.9 Å². The molecule has 2 heterocycles. The summed E-state index contributed by atoms with van der Waals surface area (Å²) in [6, 6.07) is 13.3. The topological polar surface area (TPSA) is 120 Å². The fourth-order valence-electron chi connectivity index (χ4n) is 4.39. The van der Waals surface area contributed by atoms with E-state index >= 15 is 0 Å². The Morgan fingerprint density at radius 3 is 2.32 bits per heavy atom. The third kappa shape index (κ3) is 6.49. The monoisotopic (exact) mass is 539 g/mol. The smallest absolute Gasteiger partial charge is 0.410 e. The first-order valence-corrected chi connectivity index (χ1v) is 12.7. The highest BCUT2D eigenvalue weighted by Crippen LogP contribution is 2.33. The molecule has 10 nitrogen and oxygen atoms in total. The van der Waals surface area contributed by atoms with E-state index in [9.17, 15) is 19.7 Å². The average Bonchev–Trinajstić information content (AvgIpc) is 3.32. The lowest BCUT2D eigenvalue weighted by Gasteiger charge is -2.34. The van der Waals surface area contributed by atoms with Gasteiger partial charge in [-0.1, -0.05) is 23.7 Å². The zero-order valence-electron chi connectivity index (χ0n) is 21.5. The number of halogens is 1. The maximum Gasteiger partial charge on any atom is 0.410 e. The highest BCUT2D eigenvalue weighted by molar-refractivity contribution is 6.30. The van der Waals surface area contributed by atoms with Crippen LogP contribution >= 0.6 is 11.6 Å². The summed E-state index contributed by atoms with van der Waals surface area (Å²) < 4.78 is 7.17. The summed E-state index contributed by atoms with van der Waals surface area (Å²) in [6.07, 6.45) is 2.37. The predicted molar refractivity (Wildman–Crippen MR) is 143 cm³/mol. The van der Waals surface area contributed by atoms with Crippen LogP contribution in [0.25, 0.3) is 5.69 Å². The summed E-state index contributed by atoms with van der Waals surface area (Å²) in [5.41, 5.74) is 2.02. The molecule has 1 N–H and O–H groups in total. The van der Waals surface area contributed by atoms with Crippen molar-refractivity contribution >= 4 is 29.3 Å². The van der Waals surface area contributed by atoms with Gasteiger partial charge in [0.05, 0.1) is 28.1 Å². The number of nitrogens with one attached hydrogen (secondary N) is 1. The number of piperidine rings is 1. The molecule has 1 aliphatic heterocycles. The first kappa shape index (κ1) is 27.1. The molecule has 38 heavy (non-hydrogen) atoms. The van der Waals surface area contributed by atoms with Gasteiger partial charge in [0.15, 0.2) is 0 Å². The van der Waals surface area contributed by atoms with Crippen molar-refractivity contribution in [3.63, 3.8) is 0 Å². The van der Waals surface area contributed by atoms with E-state index in [2.05, 4.69) is 10.4 Å². The maximum absolute atomic E-state index is 13.3. The lowest BCUT2D eigenvalue weighted by molar-refractivity contribution is -0.384. The molecule has 4 rings (SSSR count). The molecule has 3 aromatic rings. The number of hydrogen-bond donors (Lipinski definition) is 1. The molecule has 0 radical (unpaired) electrons. The summed E-state index contributed by atoms with van der Waals surface area (Å²) in [7, 11) is 0. The maximum atomic E-state index is 13.3. The molecule has 0 saturated carbocycles. The van der Waals surface area contributed by atoms with Crippen molar-refractivity contribution in [2.75, 3.05) is 13.1 Å². The normalized spacial score (nSPS) is 14.3. The number of nitro groups is 1. The van der Waals surface area contributed by atoms with Crippen LogP contribution in [-0.4, -0.2) is 50.3 Å². The molecule has 0 atom stereocenters. The highest BCUT2D eigenvalue weighted by Gasteiger charge is 2.32. The van der Waals surface area contributed by atoms with Gasteiger partial charge in [0.2, 0.25) is 0 Å². The van der Waals surface area contributed by atoms with Crippen LogP contribution in [0.3, 0.4) is 0 Å². The largest absolute Gasteiger partial charge is 0.444 e. The number of likely N-dealkylation sites (tertiary alicyclic amines) is 1. The molecule has 1 fully saturated rings. The van der Waals surface area contributed by atoms with Crippen LogP contribution in [0.15, 0.2) is 54.7 Å². The number of ether oxygens (including phenoxy) is 1. The Kier molecular flexibility index (Phi) is 8.01. The van der Waals surface area contributed by atoms with Crippen LogP contribution in [-0.2, 0) is 11.3 Å². The van der Waals surface area contributed by atoms with E-state index in [4.69, 9.17) is 16.3 Å². The van der Waals surface area contributed by atoms with Crippen molar-refractivity contribution in [3.05, 3.63) is 86.7 Å². The van der Waals surface area contributed by atoms with E-state index in [0.717, 1.165) is 5.56 Å². The first-order chi connectivity index (χ1) is 18.0. The van der Waals surface area contributed by atoms with Gasteiger partial charge in [-0.05, 0) is 63.4 Å². The number of rotatable bonds is 6. The Morgan fingerprint density at radius 2 is 1.74 bits per heavy atom. The summed E-state index contributed by atoms with van der Waals surface area (Å²) in [5.74, 6) is -0.347. The number of nitrogens with zero attached hydrogens (tertiary/aromatic N) is 4. The summed E-state index contributed by atoms with van der Waals surface area (Å²) in [4.78, 5) is 38.2. The lowest BCUT2D eigenvalue weighted by atomic mass is 9.90. The van der Waals surface area contributed by atoms with E-state index < -0.39 is 10.5 Å².